The van der Waals surface area contributed by atoms with Gasteiger partial charge in [-0.2, -0.15) is 0 Å². The first-order chi connectivity index (χ1) is 12.4. The van der Waals surface area contributed by atoms with E-state index in [0.29, 0.717) is 17.9 Å². The monoisotopic (exact) mass is 445 g/mol. The molecule has 1 saturated heterocycles. The fraction of sp³-hybridized carbons (Fsp3) is 0.632. The van der Waals surface area contributed by atoms with E-state index in [0.717, 1.165) is 49.7 Å². The molecule has 146 valence electrons. The summed E-state index contributed by atoms with van der Waals surface area (Å²) in [6.45, 7) is 4.15. The number of esters is 1. The Kier molecular flexibility index (Phi) is 8.57. The number of carbonyl (C=O) groups is 1. The molecule has 0 atom stereocenters. The fourth-order valence-corrected chi connectivity index (χ4v) is 4.57. The normalized spacial score (nSPS) is 16.5. The molecule has 0 spiro atoms. The summed E-state index contributed by atoms with van der Waals surface area (Å²) in [6, 6.07) is 6.74. The van der Waals surface area contributed by atoms with Crippen LogP contribution in [0.4, 0.5) is 0 Å². The molecule has 1 aromatic rings. The molecule has 5 nitrogen and oxygen atoms in total. The molecule has 0 amide bonds. The van der Waals surface area contributed by atoms with E-state index in [1.54, 1.807) is 24.3 Å². The number of carbonyl (C=O) groups excluding carboxylic acids is 1. The van der Waals surface area contributed by atoms with Gasteiger partial charge in [-0.1, -0.05) is 35.7 Å². The van der Waals surface area contributed by atoms with Gasteiger partial charge in [0.2, 0.25) is 0 Å². The summed E-state index contributed by atoms with van der Waals surface area (Å²) in [5.74, 6) is 0.00513. The molecule has 7 heteroatoms. The Morgan fingerprint density at radius 1 is 1.19 bits per heavy atom. The van der Waals surface area contributed by atoms with Gasteiger partial charge in [-0.25, -0.2) is 8.42 Å². The van der Waals surface area contributed by atoms with Gasteiger partial charge >= 0.3 is 5.97 Å². The second kappa shape index (κ2) is 10.4. The summed E-state index contributed by atoms with van der Waals surface area (Å²) in [4.78, 5) is 14.3. The SMILES string of the molecule is CCCCCC(=O)OC1CCN(CCS(=O)(=O)c2ccc(Br)cc2)CC1. The van der Waals surface area contributed by atoms with Crippen LogP contribution in [0, 0.1) is 0 Å². The predicted molar refractivity (Wildman–Crippen MR) is 106 cm³/mol. The van der Waals surface area contributed by atoms with Gasteiger partial charge in [0.15, 0.2) is 9.84 Å². The van der Waals surface area contributed by atoms with E-state index in [1.165, 1.54) is 0 Å². The Balaban J connectivity index is 1.71. The molecule has 1 fully saturated rings. The Morgan fingerprint density at radius 2 is 1.85 bits per heavy atom. The highest BCUT2D eigenvalue weighted by molar-refractivity contribution is 9.10. The fourth-order valence-electron chi connectivity index (χ4n) is 3.02. The number of hydrogen-bond donors (Lipinski definition) is 0. The number of hydrogen-bond acceptors (Lipinski definition) is 5. The minimum absolute atomic E-state index is 0.0246. The Morgan fingerprint density at radius 3 is 2.46 bits per heavy atom. The van der Waals surface area contributed by atoms with E-state index in [4.69, 9.17) is 4.74 Å². The lowest BCUT2D eigenvalue weighted by Crippen LogP contribution is -2.40. The maximum absolute atomic E-state index is 12.4. The average Bonchev–Trinajstić information content (AvgIpc) is 2.62. The summed E-state index contributed by atoms with van der Waals surface area (Å²) in [5, 5.41) is 0. The van der Waals surface area contributed by atoms with Crippen LogP contribution in [0.5, 0.6) is 0 Å². The Hall–Kier alpha value is -0.920. The van der Waals surface area contributed by atoms with E-state index < -0.39 is 9.84 Å². The summed E-state index contributed by atoms with van der Waals surface area (Å²) in [7, 11) is -3.27. The van der Waals surface area contributed by atoms with Gasteiger partial charge in [0, 0.05) is 30.5 Å². The first-order valence-electron chi connectivity index (χ1n) is 9.31. The molecule has 1 aliphatic rings. The number of halogens is 1. The highest BCUT2D eigenvalue weighted by Gasteiger charge is 2.24. The lowest BCUT2D eigenvalue weighted by atomic mass is 10.1. The number of piperidine rings is 1. The summed E-state index contributed by atoms with van der Waals surface area (Å²) >= 11 is 3.31. The molecular formula is C19H28BrNO4S. The summed E-state index contributed by atoms with van der Waals surface area (Å²) < 4.78 is 31.2. The van der Waals surface area contributed by atoms with E-state index in [2.05, 4.69) is 27.8 Å². The van der Waals surface area contributed by atoms with Gasteiger partial charge in [-0.15, -0.1) is 0 Å². The molecule has 0 N–H and O–H groups in total. The topological polar surface area (TPSA) is 63.7 Å². The van der Waals surface area contributed by atoms with Crippen molar-refractivity contribution in [2.75, 3.05) is 25.4 Å². The number of rotatable bonds is 9. The second-order valence-electron chi connectivity index (χ2n) is 6.76. The van der Waals surface area contributed by atoms with E-state index in [1.807, 2.05) is 0 Å². The average molecular weight is 446 g/mol. The minimum Gasteiger partial charge on any atom is -0.462 e. The summed E-state index contributed by atoms with van der Waals surface area (Å²) in [5.41, 5.74) is 0. The van der Waals surface area contributed by atoms with Crippen molar-refractivity contribution in [1.82, 2.24) is 4.90 Å². The van der Waals surface area contributed by atoms with Crippen molar-refractivity contribution < 1.29 is 17.9 Å². The van der Waals surface area contributed by atoms with Crippen molar-refractivity contribution in [2.24, 2.45) is 0 Å². The summed E-state index contributed by atoms with van der Waals surface area (Å²) in [6.07, 6.45) is 5.07. The zero-order valence-electron chi connectivity index (χ0n) is 15.3. The van der Waals surface area contributed by atoms with Gasteiger partial charge in [-0.05, 0) is 43.5 Å². The second-order valence-corrected chi connectivity index (χ2v) is 9.79. The van der Waals surface area contributed by atoms with Crippen molar-refractivity contribution in [2.45, 2.75) is 56.4 Å². The molecule has 0 aliphatic carbocycles. The third-order valence-electron chi connectivity index (χ3n) is 4.67. The number of ether oxygens (including phenoxy) is 1. The number of benzene rings is 1. The predicted octanol–water partition coefficient (Wildman–Crippen LogP) is 3.81. The standard InChI is InChI=1S/C19H28BrNO4S/c1-2-3-4-5-19(22)25-17-10-12-21(13-11-17)14-15-26(23,24)18-8-6-16(20)7-9-18/h6-9,17H,2-5,10-15H2,1H3. The zero-order valence-corrected chi connectivity index (χ0v) is 17.7. The number of likely N-dealkylation sites (tertiary alicyclic amines) is 1. The van der Waals surface area contributed by atoms with E-state index in [-0.39, 0.29) is 17.8 Å². The molecule has 0 saturated carbocycles. The van der Waals surface area contributed by atoms with Crippen molar-refractivity contribution in [3.8, 4) is 0 Å². The van der Waals surface area contributed by atoms with Crippen molar-refractivity contribution in [1.29, 1.82) is 0 Å². The third kappa shape index (κ3) is 7.00. The van der Waals surface area contributed by atoms with Crippen LogP contribution in [0.1, 0.15) is 45.4 Å². The highest BCUT2D eigenvalue weighted by Crippen LogP contribution is 2.18. The molecule has 0 unspecified atom stereocenters. The first-order valence-corrected chi connectivity index (χ1v) is 11.8. The van der Waals surface area contributed by atoms with Crippen LogP contribution in [0.2, 0.25) is 0 Å². The third-order valence-corrected chi connectivity index (χ3v) is 6.91. The Labute approximate surface area is 165 Å². The largest absolute Gasteiger partial charge is 0.462 e. The smallest absolute Gasteiger partial charge is 0.306 e. The molecule has 2 rings (SSSR count). The quantitative estimate of drug-likeness (QED) is 0.427. The Bertz CT molecular complexity index is 667. The van der Waals surface area contributed by atoms with Crippen LogP contribution in [-0.2, 0) is 19.4 Å². The van der Waals surface area contributed by atoms with E-state index in [9.17, 15) is 13.2 Å². The van der Waals surface area contributed by atoms with Gasteiger partial charge in [-0.3, -0.25) is 4.79 Å². The van der Waals surface area contributed by atoms with Gasteiger partial charge in [0.05, 0.1) is 10.6 Å². The van der Waals surface area contributed by atoms with E-state index >= 15 is 0 Å². The van der Waals surface area contributed by atoms with Gasteiger partial charge in [0.1, 0.15) is 6.10 Å². The molecule has 1 aliphatic heterocycles. The minimum atomic E-state index is -3.27. The number of sulfone groups is 1. The van der Waals surface area contributed by atoms with Crippen LogP contribution >= 0.6 is 15.9 Å². The first kappa shape index (κ1) is 21.4. The molecular weight excluding hydrogens is 418 g/mol. The highest BCUT2D eigenvalue weighted by atomic mass is 79.9. The molecule has 0 aromatic heterocycles. The molecule has 0 bridgehead atoms. The molecule has 26 heavy (non-hydrogen) atoms. The maximum Gasteiger partial charge on any atom is 0.306 e. The maximum atomic E-state index is 12.4. The van der Waals surface area contributed by atoms with Crippen molar-refractivity contribution in [3.63, 3.8) is 0 Å². The molecule has 1 aromatic carbocycles. The van der Waals surface area contributed by atoms with Crippen molar-refractivity contribution >= 4 is 31.7 Å². The van der Waals surface area contributed by atoms with Crippen molar-refractivity contribution in [3.05, 3.63) is 28.7 Å². The zero-order chi connectivity index (χ0) is 19.0. The number of nitrogens with zero attached hydrogens (tertiary/aromatic N) is 1. The van der Waals surface area contributed by atoms with Crippen LogP contribution in [0.25, 0.3) is 0 Å². The van der Waals surface area contributed by atoms with Crippen LogP contribution < -0.4 is 0 Å². The van der Waals surface area contributed by atoms with Gasteiger partial charge < -0.3 is 9.64 Å². The van der Waals surface area contributed by atoms with Crippen LogP contribution in [-0.4, -0.2) is 50.8 Å². The lowest BCUT2D eigenvalue weighted by molar-refractivity contribution is -0.151. The van der Waals surface area contributed by atoms with Gasteiger partial charge in [0.25, 0.3) is 0 Å². The molecule has 0 radical (unpaired) electrons. The lowest BCUT2D eigenvalue weighted by Gasteiger charge is -2.31. The number of unbranched alkanes of at least 4 members (excludes halogenated alkanes) is 2. The van der Waals surface area contributed by atoms with Crippen LogP contribution in [0.15, 0.2) is 33.6 Å². The molecule has 1 heterocycles. The van der Waals surface area contributed by atoms with Crippen LogP contribution in [0.3, 0.4) is 0 Å².